The molecule has 0 heterocycles. The quantitative estimate of drug-likeness (QED) is 0.0293. The summed E-state index contributed by atoms with van der Waals surface area (Å²) in [4.78, 5) is 179. The van der Waals surface area contributed by atoms with Crippen LogP contribution in [0.3, 0.4) is 0 Å². The lowest BCUT2D eigenvalue weighted by molar-refractivity contribution is -0.138. The number of rotatable bonds is 60. The number of amides is 12. The van der Waals surface area contributed by atoms with Crippen molar-refractivity contribution in [3.05, 3.63) is 0 Å². The van der Waals surface area contributed by atoms with Crippen LogP contribution in [0.4, 0.5) is 19.2 Å². The molecule has 40 heteroatoms. The summed E-state index contributed by atoms with van der Waals surface area (Å²) in [5, 5.41) is 10.7. The minimum Gasteiger partial charge on any atom is -0.444 e. The predicted molar refractivity (Wildman–Crippen MR) is 458 cm³/mol. The van der Waals surface area contributed by atoms with Crippen LogP contribution in [-0.2, 0) is 57.3 Å². The third kappa shape index (κ3) is 56.7. The molecule has 0 aromatic heterocycles. The zero-order chi connectivity index (χ0) is 90.0. The van der Waals surface area contributed by atoms with Crippen LogP contribution in [0.5, 0.6) is 0 Å². The lowest BCUT2D eigenvalue weighted by atomic mass is 10.2. The maximum Gasteiger partial charge on any atom is 0.407 e. The van der Waals surface area contributed by atoms with Crippen molar-refractivity contribution in [2.75, 3.05) is 262 Å². The van der Waals surface area contributed by atoms with Gasteiger partial charge in [0.25, 0.3) is 0 Å². The molecule has 40 nitrogen and oxygen atoms in total. The van der Waals surface area contributed by atoms with Crippen LogP contribution in [0.2, 0.25) is 0 Å². The first kappa shape index (κ1) is 112. The number of carbonyl (C=O) groups is 12. The number of nitrogens with two attached hydrogens (primary N) is 8. The van der Waals surface area contributed by atoms with Crippen LogP contribution in [0.25, 0.3) is 0 Å². The first-order chi connectivity index (χ1) is 55.5. The molecule has 0 fully saturated rings. The minimum absolute atomic E-state index is 0.00183. The molecular formula is C78H160N24O16. The zero-order valence-corrected chi connectivity index (χ0v) is 75.0. The molecule has 0 aliphatic rings. The van der Waals surface area contributed by atoms with Crippen LogP contribution in [0.1, 0.15) is 149 Å². The fraction of sp³-hybridized carbons (Fsp3) is 0.846. The van der Waals surface area contributed by atoms with Gasteiger partial charge >= 0.3 is 24.4 Å². The third-order valence-electron chi connectivity index (χ3n) is 17.0. The third-order valence-corrected chi connectivity index (χ3v) is 17.0. The van der Waals surface area contributed by atoms with Gasteiger partial charge in [0.05, 0.1) is 52.4 Å². The van der Waals surface area contributed by atoms with E-state index in [0.717, 1.165) is 25.7 Å². The smallest absolute Gasteiger partial charge is 0.407 e. The number of carbonyl (C=O) groups excluding carboxylic acids is 12. The molecule has 0 saturated heterocycles. The van der Waals surface area contributed by atoms with Gasteiger partial charge in [-0.1, -0.05) is 27.7 Å². The molecular weight excluding hydrogens is 1530 g/mol. The Morgan fingerprint density at radius 1 is 0.220 bits per heavy atom. The van der Waals surface area contributed by atoms with E-state index in [-0.39, 0.29) is 206 Å². The van der Waals surface area contributed by atoms with Gasteiger partial charge in [-0.3, -0.25) is 58.0 Å². The van der Waals surface area contributed by atoms with E-state index in [4.69, 9.17) is 64.8 Å². The van der Waals surface area contributed by atoms with E-state index >= 15 is 0 Å². The van der Waals surface area contributed by atoms with Crippen molar-refractivity contribution in [2.24, 2.45) is 45.9 Å². The van der Waals surface area contributed by atoms with Crippen LogP contribution in [0, 0.1) is 0 Å². The number of hydrogen-bond acceptors (Lipinski definition) is 28. The highest BCUT2D eigenvalue weighted by atomic mass is 16.6. The van der Waals surface area contributed by atoms with E-state index in [1.165, 1.54) is 9.80 Å². The standard InChI is InChI=1S/C51H98N10O12.C27H62N14O4/c1-17-26-58(27-18-2)40(62)36-56(37-41(63)59(28-19-3)29-20-4)30-21-31-57(38-42(64)60(32-22-52-44(66)70-48(5,6)7)33-23-53-45(67)71-49(8,9)10)39-43(65)61(34-24-54-46(68)72-50(11,12)13)35-25-55-47(69)73-51(14,15)16;28-2-12-38(13-3-29)24(42)20-36(21-25(43)39(14-4-30)15-5-31)10-1-11-37(22-26(44)40(16-6-32)17-7-33)23-27(45)41(18-8-34)19-9-35/h17-39H2,1-16H3,(H,52,66)(H,53,67)(H,54,68)(H,55,69);1-23,28-35H2. The van der Waals surface area contributed by atoms with Crippen molar-refractivity contribution in [1.29, 1.82) is 0 Å². The summed E-state index contributed by atoms with van der Waals surface area (Å²) in [5.74, 6) is -1.87. The Balaban J connectivity index is 0. The Labute approximate surface area is 704 Å². The van der Waals surface area contributed by atoms with Gasteiger partial charge in [0.1, 0.15) is 22.4 Å². The Bertz CT molecular complexity index is 2520. The van der Waals surface area contributed by atoms with Crippen molar-refractivity contribution in [1.82, 2.24) is 80.1 Å². The highest BCUT2D eigenvalue weighted by Gasteiger charge is 2.30. The van der Waals surface area contributed by atoms with Crippen LogP contribution in [0.15, 0.2) is 0 Å². The number of ether oxygens (including phenoxy) is 4. The van der Waals surface area contributed by atoms with Gasteiger partial charge in [-0.05, 0) is 122 Å². The second kappa shape index (κ2) is 63.4. The highest BCUT2D eigenvalue weighted by molar-refractivity contribution is 5.84. The fourth-order valence-corrected chi connectivity index (χ4v) is 11.9. The Morgan fingerprint density at radius 2 is 0.356 bits per heavy atom. The van der Waals surface area contributed by atoms with Gasteiger partial charge in [0.2, 0.25) is 47.3 Å². The Kier molecular flexibility index (Phi) is 60.4. The van der Waals surface area contributed by atoms with Gasteiger partial charge in [-0.15, -0.1) is 0 Å². The van der Waals surface area contributed by atoms with Crippen molar-refractivity contribution < 1.29 is 76.5 Å². The summed E-state index contributed by atoms with van der Waals surface area (Å²) in [6, 6.07) is 0. The molecule has 0 rings (SSSR count). The van der Waals surface area contributed by atoms with E-state index in [1.54, 1.807) is 117 Å². The first-order valence-electron chi connectivity index (χ1n) is 42.1. The monoisotopic (exact) mass is 1690 g/mol. The van der Waals surface area contributed by atoms with Gasteiger partial charge in [0, 0.05) is 209 Å². The van der Waals surface area contributed by atoms with E-state index < -0.39 is 58.6 Å². The minimum atomic E-state index is -0.764. The molecule has 0 aliphatic heterocycles. The fourth-order valence-electron chi connectivity index (χ4n) is 11.9. The summed E-state index contributed by atoms with van der Waals surface area (Å²) >= 11 is 0. The van der Waals surface area contributed by atoms with Gasteiger partial charge in [-0.2, -0.15) is 0 Å². The lowest BCUT2D eigenvalue weighted by Gasteiger charge is -2.31. The van der Waals surface area contributed by atoms with Gasteiger partial charge < -0.3 is 125 Å². The van der Waals surface area contributed by atoms with Crippen molar-refractivity contribution in [3.63, 3.8) is 0 Å². The molecule has 0 atom stereocenters. The molecule has 688 valence electrons. The Morgan fingerprint density at radius 3 is 0.483 bits per heavy atom. The summed E-state index contributed by atoms with van der Waals surface area (Å²) in [6.45, 7) is 36.5. The maximum atomic E-state index is 14.5. The van der Waals surface area contributed by atoms with E-state index in [1.807, 2.05) is 42.4 Å². The van der Waals surface area contributed by atoms with Crippen LogP contribution in [-0.4, -0.2) is 415 Å². The molecule has 0 spiro atoms. The summed E-state index contributed by atoms with van der Waals surface area (Å²) < 4.78 is 21.6. The normalized spacial score (nSPS) is 11.6. The molecule has 20 N–H and O–H groups in total. The Hall–Kier alpha value is -7.64. The summed E-state index contributed by atoms with van der Waals surface area (Å²) in [6.07, 6.45) is 1.18. The molecule has 0 aliphatic carbocycles. The zero-order valence-electron chi connectivity index (χ0n) is 75.0. The molecule has 0 unspecified atom stereocenters. The van der Waals surface area contributed by atoms with Crippen molar-refractivity contribution in [3.8, 4) is 0 Å². The van der Waals surface area contributed by atoms with E-state index in [9.17, 15) is 57.5 Å². The molecule has 0 bridgehead atoms. The van der Waals surface area contributed by atoms with E-state index in [2.05, 4.69) is 21.3 Å². The SMILES string of the molecule is CCCN(CCC)C(=O)CN(CCCN(CC(=O)N(CCNC(=O)OC(C)(C)C)CCNC(=O)OC(C)(C)C)CC(=O)N(CCNC(=O)OC(C)(C)C)CCNC(=O)OC(C)(C)C)CC(=O)N(CCC)CCC.NCCN(CCN)C(=O)CN(CCCN(CC(=O)N(CCN)CCN)CC(=O)N(CCN)CCN)CC(=O)N(CCN)CCN. The van der Waals surface area contributed by atoms with Crippen LogP contribution >= 0.6 is 0 Å². The maximum absolute atomic E-state index is 14.5. The largest absolute Gasteiger partial charge is 0.444 e. The second-order valence-corrected chi connectivity index (χ2v) is 32.6. The molecule has 118 heavy (non-hydrogen) atoms. The molecule has 0 aromatic carbocycles. The molecule has 0 radical (unpaired) electrons. The van der Waals surface area contributed by atoms with E-state index in [0.29, 0.717) is 104 Å². The average molecular weight is 1690 g/mol. The van der Waals surface area contributed by atoms with Gasteiger partial charge in [0.15, 0.2) is 0 Å². The summed E-state index contributed by atoms with van der Waals surface area (Å²) in [5.41, 5.74) is 42.5. The van der Waals surface area contributed by atoms with Gasteiger partial charge in [-0.25, -0.2) is 19.2 Å². The predicted octanol–water partition coefficient (Wildman–Crippen LogP) is -2.00. The van der Waals surface area contributed by atoms with Crippen molar-refractivity contribution >= 4 is 71.6 Å². The summed E-state index contributed by atoms with van der Waals surface area (Å²) in [7, 11) is 0. The number of hydrogen-bond donors (Lipinski definition) is 12. The number of alkyl carbamates (subject to hydrolysis) is 4. The second-order valence-electron chi connectivity index (χ2n) is 32.6. The van der Waals surface area contributed by atoms with Crippen molar-refractivity contribution in [2.45, 2.75) is 172 Å². The highest BCUT2D eigenvalue weighted by Crippen LogP contribution is 2.13. The molecule has 0 aromatic rings. The first-order valence-corrected chi connectivity index (χ1v) is 42.1. The molecule has 12 amide bonds. The number of nitrogens with zero attached hydrogens (tertiary/aromatic N) is 12. The number of nitrogens with one attached hydrogen (secondary N) is 4. The topological polar surface area (TPSA) is 537 Å². The lowest BCUT2D eigenvalue weighted by Crippen LogP contribution is -2.51. The molecule has 0 saturated carbocycles. The average Bonchev–Trinajstić information content (AvgIpc) is 0.883. The van der Waals surface area contributed by atoms with Crippen LogP contribution < -0.4 is 67.1 Å².